The van der Waals surface area contributed by atoms with E-state index in [2.05, 4.69) is 78.9 Å². The van der Waals surface area contributed by atoms with Crippen LogP contribution in [0.4, 0.5) is 0 Å². The first-order chi connectivity index (χ1) is 20.6. The van der Waals surface area contributed by atoms with Crippen LogP contribution in [0.25, 0.3) is 11.3 Å². The van der Waals surface area contributed by atoms with E-state index in [1.54, 1.807) is 54.8 Å². The molecule has 0 aliphatic heterocycles. The third-order valence-electron chi connectivity index (χ3n) is 7.51. The molecule has 6 rings (SSSR count). The van der Waals surface area contributed by atoms with Gasteiger partial charge in [-0.2, -0.15) is 0 Å². The van der Waals surface area contributed by atoms with Crippen molar-refractivity contribution in [3.8, 4) is 5.75 Å². The minimum atomic E-state index is -2.02. The molecule has 0 fully saturated rings. The van der Waals surface area contributed by atoms with Crippen molar-refractivity contribution in [3.63, 3.8) is 0 Å². The number of carbonyl (C=O) groups excluding carboxylic acids is 2. The second-order valence-corrected chi connectivity index (χ2v) is 13.5. The number of benzene rings is 5. The molecule has 0 amide bonds. The molecule has 0 saturated heterocycles. The number of aliphatic hydroxyl groups is 1. The van der Waals surface area contributed by atoms with Crippen LogP contribution in [0.2, 0.25) is 0 Å². The molecule has 0 heterocycles. The number of hydrogen-bond acceptors (Lipinski definition) is 4. The Hall–Kier alpha value is -5.05. The van der Waals surface area contributed by atoms with Gasteiger partial charge in [-0.3, -0.25) is 9.59 Å². The Bertz CT molecular complexity index is 1700. The zero-order valence-electron chi connectivity index (χ0n) is 22.8. The van der Waals surface area contributed by atoms with E-state index in [4.69, 9.17) is 4.74 Å². The predicted molar refractivity (Wildman–Crippen MR) is 171 cm³/mol. The molecule has 5 aromatic rings. The quantitative estimate of drug-likeness (QED) is 0.128. The highest BCUT2D eigenvalue weighted by Crippen LogP contribution is 2.55. The first kappa shape index (κ1) is 27.1. The molecule has 0 radical (unpaired) electrons. The summed E-state index contributed by atoms with van der Waals surface area (Å²) in [6.07, 6.45) is 4.55. The van der Waals surface area contributed by atoms with Gasteiger partial charge in [0.15, 0.2) is 0 Å². The molecule has 0 spiro atoms. The molecule has 204 valence electrons. The van der Waals surface area contributed by atoms with E-state index in [9.17, 15) is 14.7 Å². The van der Waals surface area contributed by atoms with Crippen molar-refractivity contribution in [1.82, 2.24) is 0 Å². The standard InChI is InChI=1S/C37H27O4P/c38-35-32-19-10-11-20-33(32)36(39)37(40)34(35)27-21-23-28(24-22-27)41-25-12-26-42(29-13-4-1-5-14-29,30-15-6-2-7-16-30)31-17-8-3-9-18-31/h1-25H,26H2/p+1/b25-12-. The highest BCUT2D eigenvalue weighted by atomic mass is 31.2. The summed E-state index contributed by atoms with van der Waals surface area (Å²) in [6.45, 7) is 0. The lowest BCUT2D eigenvalue weighted by Gasteiger charge is -2.26. The summed E-state index contributed by atoms with van der Waals surface area (Å²) in [4.78, 5) is 25.5. The van der Waals surface area contributed by atoms with Crippen molar-refractivity contribution in [3.05, 3.63) is 169 Å². The van der Waals surface area contributed by atoms with Crippen LogP contribution in [-0.4, -0.2) is 22.8 Å². The van der Waals surface area contributed by atoms with E-state index in [0.29, 0.717) is 16.9 Å². The Morgan fingerprint density at radius 2 is 1.05 bits per heavy atom. The molecule has 0 unspecified atom stereocenters. The molecule has 4 nitrogen and oxygen atoms in total. The molecule has 5 heteroatoms. The maximum atomic E-state index is 12.8. The summed E-state index contributed by atoms with van der Waals surface area (Å²) in [5.41, 5.74) is 1.04. The van der Waals surface area contributed by atoms with Crippen molar-refractivity contribution in [2.75, 3.05) is 6.16 Å². The molecule has 1 N–H and O–H groups in total. The van der Waals surface area contributed by atoms with Gasteiger partial charge in [0.2, 0.25) is 11.6 Å². The number of allylic oxidation sites excluding steroid dienone is 2. The van der Waals surface area contributed by atoms with Crippen molar-refractivity contribution in [2.45, 2.75) is 0 Å². The van der Waals surface area contributed by atoms with Crippen LogP contribution in [0.5, 0.6) is 5.75 Å². The largest absolute Gasteiger partial charge is 0.506 e. The van der Waals surface area contributed by atoms with E-state index in [1.165, 1.54) is 15.9 Å². The summed E-state index contributed by atoms with van der Waals surface area (Å²) in [5, 5.41) is 14.7. The Balaban J connectivity index is 1.28. The fourth-order valence-corrected chi connectivity index (χ4v) is 9.44. The highest BCUT2D eigenvalue weighted by Gasteiger charge is 2.44. The van der Waals surface area contributed by atoms with Crippen LogP contribution in [-0.2, 0) is 4.79 Å². The van der Waals surface area contributed by atoms with Gasteiger partial charge in [0.1, 0.15) is 34.7 Å². The maximum Gasteiger partial charge on any atom is 0.237 e. The van der Waals surface area contributed by atoms with Gasteiger partial charge in [0, 0.05) is 11.1 Å². The Morgan fingerprint density at radius 1 is 0.571 bits per heavy atom. The normalized spacial score (nSPS) is 13.3. The van der Waals surface area contributed by atoms with Crippen molar-refractivity contribution < 1.29 is 19.4 Å². The van der Waals surface area contributed by atoms with Crippen molar-refractivity contribution >= 4 is 46.1 Å². The van der Waals surface area contributed by atoms with Crippen molar-refractivity contribution in [1.29, 1.82) is 0 Å². The van der Waals surface area contributed by atoms with Crippen LogP contribution < -0.4 is 20.7 Å². The minimum Gasteiger partial charge on any atom is -0.506 e. The number of ketones is 2. The second-order valence-electron chi connectivity index (χ2n) is 9.94. The van der Waals surface area contributed by atoms with Gasteiger partial charge in [-0.15, -0.1) is 0 Å². The molecule has 0 bridgehead atoms. The smallest absolute Gasteiger partial charge is 0.237 e. The van der Waals surface area contributed by atoms with Gasteiger partial charge in [0.05, 0.1) is 18.0 Å². The van der Waals surface area contributed by atoms with E-state index in [-0.39, 0.29) is 16.9 Å². The topological polar surface area (TPSA) is 63.6 Å². The van der Waals surface area contributed by atoms with Gasteiger partial charge >= 0.3 is 0 Å². The average molecular weight is 568 g/mol. The number of hydrogen-bond donors (Lipinski definition) is 1. The summed E-state index contributed by atoms with van der Waals surface area (Å²) < 4.78 is 5.99. The number of aliphatic hydroxyl groups excluding tert-OH is 1. The maximum absolute atomic E-state index is 12.8. The molecular weight excluding hydrogens is 539 g/mol. The number of ether oxygens (including phenoxy) is 1. The van der Waals surface area contributed by atoms with Crippen LogP contribution in [0.3, 0.4) is 0 Å². The highest BCUT2D eigenvalue weighted by molar-refractivity contribution is 7.95. The van der Waals surface area contributed by atoms with E-state index >= 15 is 0 Å². The molecule has 5 aromatic carbocycles. The lowest BCUT2D eigenvalue weighted by Crippen LogP contribution is -2.32. The van der Waals surface area contributed by atoms with Crippen LogP contribution in [0.15, 0.2) is 152 Å². The van der Waals surface area contributed by atoms with Gasteiger partial charge in [-0.05, 0) is 60.2 Å². The first-order valence-corrected chi connectivity index (χ1v) is 15.7. The number of carbonyl (C=O) groups is 2. The predicted octanol–water partition coefficient (Wildman–Crippen LogP) is 6.76. The lowest BCUT2D eigenvalue weighted by molar-refractivity contribution is -0.110. The second kappa shape index (κ2) is 11.8. The zero-order chi connectivity index (χ0) is 28.9. The van der Waals surface area contributed by atoms with Gasteiger partial charge < -0.3 is 9.84 Å². The summed E-state index contributed by atoms with van der Waals surface area (Å²) in [7, 11) is -2.02. The Morgan fingerprint density at radius 3 is 1.57 bits per heavy atom. The lowest BCUT2D eigenvalue weighted by atomic mass is 9.85. The fourth-order valence-electron chi connectivity index (χ4n) is 5.47. The van der Waals surface area contributed by atoms with E-state index in [0.717, 1.165) is 6.16 Å². The zero-order valence-corrected chi connectivity index (χ0v) is 23.7. The fraction of sp³-hybridized carbons (Fsp3) is 0.0270. The molecule has 0 aromatic heterocycles. The SMILES string of the molecule is O=C1C(=O)c2ccccc2C(O)=C1c1ccc(O/C=C\C[P+](c2ccccc2)(c2ccccc2)c2ccccc2)cc1. The molecule has 42 heavy (non-hydrogen) atoms. The first-order valence-electron chi connectivity index (χ1n) is 13.7. The molecular formula is C37H28O4P+. The van der Waals surface area contributed by atoms with Crippen LogP contribution in [0, 0.1) is 0 Å². The summed E-state index contributed by atoms with van der Waals surface area (Å²) in [5.74, 6) is -0.952. The molecule has 1 aliphatic carbocycles. The summed E-state index contributed by atoms with van der Waals surface area (Å²) in [6, 6.07) is 45.4. The third-order valence-corrected chi connectivity index (χ3v) is 11.8. The third kappa shape index (κ3) is 4.98. The Kier molecular flexibility index (Phi) is 7.64. The van der Waals surface area contributed by atoms with Gasteiger partial charge in [0.25, 0.3) is 0 Å². The van der Waals surface area contributed by atoms with Crippen molar-refractivity contribution in [2.24, 2.45) is 0 Å². The number of fused-ring (bicyclic) bond motifs is 1. The van der Waals surface area contributed by atoms with Gasteiger partial charge in [-0.1, -0.05) is 91.0 Å². The minimum absolute atomic E-state index is 0.00367. The summed E-state index contributed by atoms with van der Waals surface area (Å²) >= 11 is 0. The van der Waals surface area contributed by atoms with Crippen LogP contribution in [0.1, 0.15) is 21.5 Å². The van der Waals surface area contributed by atoms with Crippen LogP contribution >= 0.6 is 7.26 Å². The molecule has 1 aliphatic rings. The number of Topliss-reactive ketones (excluding diaryl/α,β-unsaturated/α-hetero) is 2. The number of rotatable bonds is 8. The average Bonchev–Trinajstić information content (AvgIpc) is 3.06. The van der Waals surface area contributed by atoms with E-state index < -0.39 is 18.8 Å². The monoisotopic (exact) mass is 567 g/mol. The Labute approximate surface area is 245 Å². The van der Waals surface area contributed by atoms with Gasteiger partial charge in [-0.25, -0.2) is 0 Å². The molecule has 0 atom stereocenters. The van der Waals surface area contributed by atoms with E-state index in [1.807, 2.05) is 18.2 Å². The molecule has 0 saturated carbocycles.